The zero-order chi connectivity index (χ0) is 24.8. The van der Waals surface area contributed by atoms with Crippen LogP contribution in [0.1, 0.15) is 16.1 Å². The summed E-state index contributed by atoms with van der Waals surface area (Å²) in [5.41, 5.74) is 0.912. The number of rotatable bonds is 6. The first-order valence-electron chi connectivity index (χ1n) is 9.91. The van der Waals surface area contributed by atoms with Crippen molar-refractivity contribution < 1.29 is 27.1 Å². The third kappa shape index (κ3) is 4.55. The van der Waals surface area contributed by atoms with E-state index in [2.05, 4.69) is 10.3 Å². The van der Waals surface area contributed by atoms with Gasteiger partial charge >= 0.3 is 5.97 Å². The van der Waals surface area contributed by atoms with E-state index >= 15 is 0 Å². The molecule has 34 heavy (non-hydrogen) atoms. The van der Waals surface area contributed by atoms with Crippen LogP contribution in [0, 0.1) is 11.6 Å². The van der Waals surface area contributed by atoms with Gasteiger partial charge in [-0.3, -0.25) is 4.79 Å². The molecule has 0 fully saturated rings. The number of benzene rings is 2. The Morgan fingerprint density at radius 1 is 1.09 bits per heavy atom. The number of nitrogens with one attached hydrogen (secondary N) is 2. The molecule has 4 rings (SSSR count). The third-order valence-electron chi connectivity index (χ3n) is 5.20. The van der Waals surface area contributed by atoms with Gasteiger partial charge < -0.3 is 20.0 Å². The van der Waals surface area contributed by atoms with Crippen molar-refractivity contribution in [1.29, 1.82) is 0 Å². The summed E-state index contributed by atoms with van der Waals surface area (Å²) in [6.45, 7) is 0. The lowest BCUT2D eigenvalue weighted by molar-refractivity contribution is 0.0691. The van der Waals surface area contributed by atoms with Crippen molar-refractivity contribution in [1.82, 2.24) is 9.55 Å². The maximum Gasteiger partial charge on any atom is 0.352 e. The molecule has 0 radical (unpaired) electrons. The van der Waals surface area contributed by atoms with Gasteiger partial charge in [0.2, 0.25) is 0 Å². The summed E-state index contributed by atoms with van der Waals surface area (Å²) in [5, 5.41) is 12.6. The highest BCUT2D eigenvalue weighted by molar-refractivity contribution is 7.89. The zero-order valence-corrected chi connectivity index (χ0v) is 18.8. The first kappa shape index (κ1) is 23.2. The molecule has 0 spiro atoms. The van der Waals surface area contributed by atoms with Crippen molar-refractivity contribution in [2.24, 2.45) is 7.05 Å². The van der Waals surface area contributed by atoms with Gasteiger partial charge in [-0.05, 0) is 35.9 Å². The summed E-state index contributed by atoms with van der Waals surface area (Å²) in [7, 11) is -1.90. The Kier molecular flexibility index (Phi) is 5.74. The van der Waals surface area contributed by atoms with Crippen LogP contribution < -0.4 is 10.9 Å². The number of hydrogen-bond donors (Lipinski definition) is 3. The lowest BCUT2D eigenvalue weighted by atomic mass is 9.99. The molecule has 176 valence electrons. The third-order valence-corrected chi connectivity index (χ3v) is 6.06. The summed E-state index contributed by atoms with van der Waals surface area (Å²) in [4.78, 5) is 26.7. The minimum Gasteiger partial charge on any atom is -0.477 e. The summed E-state index contributed by atoms with van der Waals surface area (Å²) in [6.07, 6.45) is 2.57. The van der Waals surface area contributed by atoms with Crippen LogP contribution in [0.3, 0.4) is 0 Å². The number of sulfone groups is 1. The fourth-order valence-corrected chi connectivity index (χ4v) is 4.50. The van der Waals surface area contributed by atoms with Crippen molar-refractivity contribution >= 4 is 38.1 Å². The fraction of sp³-hybridized carbons (Fsp3) is 0.130. The number of H-pyrrole nitrogens is 1. The minimum atomic E-state index is -3.39. The Labute approximate surface area is 192 Å². The predicted molar refractivity (Wildman–Crippen MR) is 124 cm³/mol. The molecule has 2 aromatic carbocycles. The van der Waals surface area contributed by atoms with Gasteiger partial charge in [-0.2, -0.15) is 0 Å². The molecule has 0 unspecified atom stereocenters. The van der Waals surface area contributed by atoms with Gasteiger partial charge in [-0.1, -0.05) is 6.07 Å². The summed E-state index contributed by atoms with van der Waals surface area (Å²) in [6, 6.07) is 8.98. The normalized spacial score (nSPS) is 11.6. The van der Waals surface area contributed by atoms with Crippen LogP contribution in [0.2, 0.25) is 0 Å². The van der Waals surface area contributed by atoms with E-state index in [1.807, 2.05) is 0 Å². The molecular weight excluding hydrogens is 468 g/mol. The smallest absolute Gasteiger partial charge is 0.352 e. The van der Waals surface area contributed by atoms with Crippen LogP contribution in [0.15, 0.2) is 53.5 Å². The molecule has 4 aromatic rings. The van der Waals surface area contributed by atoms with E-state index in [4.69, 9.17) is 0 Å². The summed E-state index contributed by atoms with van der Waals surface area (Å²) >= 11 is 0. The second-order valence-corrected chi connectivity index (χ2v) is 10.1. The predicted octanol–water partition coefficient (Wildman–Crippen LogP) is 3.80. The van der Waals surface area contributed by atoms with E-state index in [-0.39, 0.29) is 22.7 Å². The molecule has 2 aromatic heterocycles. The zero-order valence-electron chi connectivity index (χ0n) is 18.0. The number of aryl methyl sites for hydroxylation is 1. The number of halogens is 2. The number of nitrogens with zero attached hydrogens (tertiary/aromatic N) is 1. The SMILES string of the molecule is Cn1cc(-c2cc(CS(C)(=O)=O)ccc2Nc2ccc(F)cc2F)c2cc(C(=O)O)[nH]c2c1=O. The number of aromatic carboxylic acids is 1. The molecule has 8 nitrogen and oxygen atoms in total. The van der Waals surface area contributed by atoms with E-state index in [1.165, 1.54) is 29.9 Å². The van der Waals surface area contributed by atoms with Crippen molar-refractivity contribution in [3.8, 4) is 11.1 Å². The van der Waals surface area contributed by atoms with E-state index in [0.717, 1.165) is 18.4 Å². The first-order chi connectivity index (χ1) is 15.9. The number of pyridine rings is 1. The highest BCUT2D eigenvalue weighted by Crippen LogP contribution is 2.36. The van der Waals surface area contributed by atoms with Crippen molar-refractivity contribution in [3.05, 3.63) is 81.9 Å². The Balaban J connectivity index is 1.99. The molecule has 2 heterocycles. The van der Waals surface area contributed by atoms with Crippen LogP contribution in [0.4, 0.5) is 20.2 Å². The minimum absolute atomic E-state index is 0.0279. The molecule has 0 aliphatic rings. The summed E-state index contributed by atoms with van der Waals surface area (Å²) in [5.74, 6) is -3.12. The molecule has 0 aliphatic heterocycles. The highest BCUT2D eigenvalue weighted by Gasteiger charge is 2.19. The fourth-order valence-electron chi connectivity index (χ4n) is 3.72. The number of aromatic amines is 1. The van der Waals surface area contributed by atoms with Crippen LogP contribution >= 0.6 is 0 Å². The van der Waals surface area contributed by atoms with Crippen LogP contribution in [0.25, 0.3) is 22.0 Å². The highest BCUT2D eigenvalue weighted by atomic mass is 32.2. The largest absolute Gasteiger partial charge is 0.477 e. The number of hydrogen-bond acceptors (Lipinski definition) is 5. The quantitative estimate of drug-likeness (QED) is 0.380. The summed E-state index contributed by atoms with van der Waals surface area (Å²) < 4.78 is 52.7. The van der Waals surface area contributed by atoms with E-state index in [9.17, 15) is 31.9 Å². The number of anilines is 2. The molecule has 0 amide bonds. The van der Waals surface area contributed by atoms with E-state index < -0.39 is 33.0 Å². The van der Waals surface area contributed by atoms with Crippen molar-refractivity contribution in [2.75, 3.05) is 11.6 Å². The van der Waals surface area contributed by atoms with Gasteiger partial charge in [-0.25, -0.2) is 22.0 Å². The molecule has 0 saturated carbocycles. The molecule has 0 saturated heterocycles. The van der Waals surface area contributed by atoms with Crippen molar-refractivity contribution in [2.45, 2.75) is 5.75 Å². The molecule has 0 bridgehead atoms. The Bertz CT molecular complexity index is 1620. The van der Waals surface area contributed by atoms with Gasteiger partial charge in [0.05, 0.1) is 11.4 Å². The molecule has 0 aliphatic carbocycles. The van der Waals surface area contributed by atoms with E-state index in [1.54, 1.807) is 18.2 Å². The standard InChI is InChI=1S/C23H19F2N3O5S/c1-28-10-16(15-9-20(23(30)31)27-21(15)22(28)29)14-7-12(11-34(2,32)33)3-5-18(14)26-19-6-4-13(24)8-17(19)25/h3-10,26-27H,11H2,1-2H3,(H,30,31). The number of carboxylic acids is 1. The average molecular weight is 487 g/mol. The second-order valence-electron chi connectivity index (χ2n) is 7.93. The van der Waals surface area contributed by atoms with Crippen LogP contribution in [-0.4, -0.2) is 35.3 Å². The van der Waals surface area contributed by atoms with Crippen LogP contribution in [0.5, 0.6) is 0 Å². The van der Waals surface area contributed by atoms with Crippen molar-refractivity contribution in [3.63, 3.8) is 0 Å². The van der Waals surface area contributed by atoms with Crippen LogP contribution in [-0.2, 0) is 22.6 Å². The Hall–Kier alpha value is -3.99. The average Bonchev–Trinajstić information content (AvgIpc) is 3.19. The Morgan fingerprint density at radius 2 is 1.79 bits per heavy atom. The van der Waals surface area contributed by atoms with Gasteiger partial charge in [0.25, 0.3) is 5.56 Å². The molecular formula is C23H19F2N3O5S. The maximum atomic E-state index is 14.3. The number of carbonyl (C=O) groups is 1. The topological polar surface area (TPSA) is 121 Å². The van der Waals surface area contributed by atoms with Gasteiger partial charge in [0.1, 0.15) is 22.8 Å². The van der Waals surface area contributed by atoms with E-state index in [0.29, 0.717) is 27.8 Å². The van der Waals surface area contributed by atoms with Gasteiger partial charge in [0, 0.05) is 47.8 Å². The lowest BCUT2D eigenvalue weighted by Gasteiger charge is -2.16. The number of aromatic nitrogens is 2. The number of carboxylic acid groups (broad SMARTS) is 1. The molecule has 0 atom stereocenters. The first-order valence-corrected chi connectivity index (χ1v) is 12.0. The Morgan fingerprint density at radius 3 is 2.44 bits per heavy atom. The molecule has 3 N–H and O–H groups in total. The lowest BCUT2D eigenvalue weighted by Crippen LogP contribution is -2.17. The number of fused-ring (bicyclic) bond motifs is 1. The van der Waals surface area contributed by atoms with Gasteiger partial charge in [0.15, 0.2) is 9.84 Å². The second kappa shape index (κ2) is 8.41. The van der Waals surface area contributed by atoms with Gasteiger partial charge in [-0.15, -0.1) is 0 Å². The maximum absolute atomic E-state index is 14.3. The monoisotopic (exact) mass is 487 g/mol. The molecule has 11 heteroatoms.